The van der Waals surface area contributed by atoms with E-state index in [2.05, 4.69) is 0 Å². The molecule has 1 fully saturated rings. The molecule has 0 radical (unpaired) electrons. The van der Waals surface area contributed by atoms with Gasteiger partial charge in [-0.1, -0.05) is 77.8 Å². The van der Waals surface area contributed by atoms with Gasteiger partial charge in [0.25, 0.3) is 0 Å². The minimum atomic E-state index is -1.39. The molecule has 1 aliphatic carbocycles. The van der Waals surface area contributed by atoms with Crippen molar-refractivity contribution in [3.63, 3.8) is 0 Å². The van der Waals surface area contributed by atoms with Crippen LogP contribution in [0.1, 0.15) is 69.5 Å². The number of Topliss-reactive ketones (excluding diaryl/α,β-unsaturated/α-hetero) is 2. The van der Waals surface area contributed by atoms with E-state index in [1.807, 2.05) is 0 Å². The molecule has 0 aromatic heterocycles. The summed E-state index contributed by atoms with van der Waals surface area (Å²) in [6.45, 7) is 0. The lowest BCUT2D eigenvalue weighted by Gasteiger charge is -2.34. The lowest BCUT2D eigenvalue weighted by molar-refractivity contribution is -0.00135. The fourth-order valence-electron chi connectivity index (χ4n) is 5.17. The van der Waals surface area contributed by atoms with Crippen molar-refractivity contribution < 1.29 is 34.4 Å². The summed E-state index contributed by atoms with van der Waals surface area (Å²) >= 11 is 24.6. The SMILES string of the molecule is COC(=C(O)C(=O)c1ccc(C2(O)CCCCC2)c(C(=O)C(O)=C(OC)c2ccc(Cl)cc2Cl)c1)c1ccc(Cl)cc1Cl. The van der Waals surface area contributed by atoms with E-state index in [1.54, 1.807) is 0 Å². The Morgan fingerprint density at radius 3 is 1.63 bits per heavy atom. The molecule has 3 N–H and O–H groups in total. The second-order valence-corrected chi connectivity index (χ2v) is 11.7. The standard InChI is InChI=1S/C32H28Cl4O7/c1-42-30(20-9-7-18(33)15-24(20)35)28(39)26(37)17-6-11-23(32(41)12-4-3-5-13-32)22(14-17)27(38)29(40)31(43-2)21-10-8-19(34)16-25(21)36/h6-11,14-16,39-41H,3-5,12-13H2,1-2H3. The molecule has 43 heavy (non-hydrogen) atoms. The van der Waals surface area contributed by atoms with Crippen LogP contribution in [0.4, 0.5) is 0 Å². The van der Waals surface area contributed by atoms with E-state index in [0.717, 1.165) is 19.3 Å². The van der Waals surface area contributed by atoms with E-state index >= 15 is 0 Å². The summed E-state index contributed by atoms with van der Waals surface area (Å²) in [7, 11) is 2.52. The normalized spacial score (nSPS) is 15.7. The zero-order valence-corrected chi connectivity index (χ0v) is 26.2. The first-order chi connectivity index (χ1) is 20.4. The summed E-state index contributed by atoms with van der Waals surface area (Å²) in [4.78, 5) is 27.5. The third-order valence-electron chi connectivity index (χ3n) is 7.33. The molecule has 3 aromatic carbocycles. The van der Waals surface area contributed by atoms with Crippen LogP contribution in [0.25, 0.3) is 11.5 Å². The van der Waals surface area contributed by atoms with Gasteiger partial charge in [0, 0.05) is 32.3 Å². The van der Waals surface area contributed by atoms with Gasteiger partial charge in [-0.05, 0) is 60.9 Å². The van der Waals surface area contributed by atoms with Crippen LogP contribution in [0.15, 0.2) is 66.1 Å². The fraction of sp³-hybridized carbons (Fsp3) is 0.250. The van der Waals surface area contributed by atoms with Gasteiger partial charge in [-0.3, -0.25) is 9.59 Å². The number of ketones is 2. The average Bonchev–Trinajstić information content (AvgIpc) is 2.99. The lowest BCUT2D eigenvalue weighted by atomic mass is 9.76. The van der Waals surface area contributed by atoms with Crippen LogP contribution < -0.4 is 0 Å². The Labute approximate surface area is 268 Å². The zero-order chi connectivity index (χ0) is 31.5. The van der Waals surface area contributed by atoms with Crippen molar-refractivity contribution >= 4 is 69.5 Å². The van der Waals surface area contributed by atoms with Crippen molar-refractivity contribution in [3.8, 4) is 0 Å². The van der Waals surface area contributed by atoms with Gasteiger partial charge >= 0.3 is 0 Å². The first kappa shape index (κ1) is 32.7. The molecule has 1 saturated carbocycles. The van der Waals surface area contributed by atoms with Gasteiger partial charge in [-0.15, -0.1) is 0 Å². The Kier molecular flexibility index (Phi) is 10.4. The predicted octanol–water partition coefficient (Wildman–Crippen LogP) is 8.96. The Bertz CT molecular complexity index is 1640. The molecule has 4 rings (SSSR count). The van der Waals surface area contributed by atoms with Gasteiger partial charge in [0.15, 0.2) is 11.5 Å². The molecule has 0 spiro atoms. The highest BCUT2D eigenvalue weighted by Gasteiger charge is 2.36. The number of allylic oxidation sites excluding steroid dienone is 2. The number of aliphatic hydroxyl groups is 3. The monoisotopic (exact) mass is 664 g/mol. The highest BCUT2D eigenvalue weighted by molar-refractivity contribution is 6.36. The maximum Gasteiger partial charge on any atom is 0.231 e. The molecule has 1 aliphatic rings. The number of ether oxygens (including phenoxy) is 2. The molecule has 0 amide bonds. The van der Waals surface area contributed by atoms with Gasteiger partial charge in [-0.2, -0.15) is 0 Å². The highest BCUT2D eigenvalue weighted by atomic mass is 35.5. The number of hydrogen-bond acceptors (Lipinski definition) is 7. The molecular formula is C32H28Cl4O7. The number of halogens is 4. The molecule has 3 aromatic rings. The number of carbonyl (C=O) groups is 2. The van der Waals surface area contributed by atoms with Gasteiger partial charge in [-0.25, -0.2) is 0 Å². The van der Waals surface area contributed by atoms with E-state index in [4.69, 9.17) is 55.9 Å². The number of aliphatic hydroxyl groups excluding tert-OH is 2. The van der Waals surface area contributed by atoms with Crippen LogP contribution >= 0.6 is 46.4 Å². The Hall–Kier alpha value is -3.20. The second-order valence-electron chi connectivity index (χ2n) is 10.0. The maximum atomic E-state index is 13.9. The Balaban J connectivity index is 1.88. The highest BCUT2D eigenvalue weighted by Crippen LogP contribution is 2.40. The van der Waals surface area contributed by atoms with Gasteiger partial charge in [0.1, 0.15) is 0 Å². The van der Waals surface area contributed by atoms with Gasteiger partial charge < -0.3 is 24.8 Å². The van der Waals surface area contributed by atoms with E-state index in [1.165, 1.54) is 68.8 Å². The molecule has 0 saturated heterocycles. The first-order valence-corrected chi connectivity index (χ1v) is 14.7. The van der Waals surface area contributed by atoms with Gasteiger partial charge in [0.05, 0.1) is 29.9 Å². The van der Waals surface area contributed by atoms with Crippen molar-refractivity contribution in [2.75, 3.05) is 14.2 Å². The third kappa shape index (κ3) is 6.82. The summed E-state index contributed by atoms with van der Waals surface area (Å²) in [5.74, 6) is -3.84. The van der Waals surface area contributed by atoms with E-state index in [-0.39, 0.29) is 49.4 Å². The van der Waals surface area contributed by atoms with E-state index < -0.39 is 28.7 Å². The number of methoxy groups -OCH3 is 2. The lowest BCUT2D eigenvalue weighted by Crippen LogP contribution is -2.31. The predicted molar refractivity (Wildman–Crippen MR) is 168 cm³/mol. The van der Waals surface area contributed by atoms with Crippen molar-refractivity contribution in [2.24, 2.45) is 0 Å². The second kappa shape index (κ2) is 13.6. The maximum absolute atomic E-state index is 13.9. The number of hydrogen-bond donors (Lipinski definition) is 3. The molecule has 11 heteroatoms. The quantitative estimate of drug-likeness (QED) is 0.119. The van der Waals surface area contributed by atoms with Crippen molar-refractivity contribution in [1.82, 2.24) is 0 Å². The average molecular weight is 666 g/mol. The van der Waals surface area contributed by atoms with Crippen LogP contribution in [0.5, 0.6) is 0 Å². The summed E-state index contributed by atoms with van der Waals surface area (Å²) in [6, 6.07) is 12.9. The summed E-state index contributed by atoms with van der Waals surface area (Å²) in [5, 5.41) is 34.7. The number of carbonyl (C=O) groups excluding carboxylic acids is 2. The molecule has 0 unspecified atom stereocenters. The third-order valence-corrected chi connectivity index (χ3v) is 8.42. The summed E-state index contributed by atoms with van der Waals surface area (Å²) in [5.41, 5.74) is -0.996. The topological polar surface area (TPSA) is 113 Å². The largest absolute Gasteiger partial charge is 0.502 e. The van der Waals surface area contributed by atoms with E-state index in [0.29, 0.717) is 22.9 Å². The van der Waals surface area contributed by atoms with Crippen LogP contribution in [0.3, 0.4) is 0 Å². The summed E-state index contributed by atoms with van der Waals surface area (Å²) < 4.78 is 10.7. The molecule has 226 valence electrons. The number of rotatable bonds is 9. The minimum Gasteiger partial charge on any atom is -0.502 e. The van der Waals surface area contributed by atoms with Crippen molar-refractivity contribution in [2.45, 2.75) is 37.7 Å². The van der Waals surface area contributed by atoms with Crippen LogP contribution in [0.2, 0.25) is 20.1 Å². The summed E-state index contributed by atoms with van der Waals surface area (Å²) in [6.07, 6.45) is 3.11. The Morgan fingerprint density at radius 1 is 0.674 bits per heavy atom. The molecule has 7 nitrogen and oxygen atoms in total. The molecule has 0 heterocycles. The molecular weight excluding hydrogens is 638 g/mol. The minimum absolute atomic E-state index is 0.111. The smallest absolute Gasteiger partial charge is 0.231 e. The van der Waals surface area contributed by atoms with Crippen LogP contribution in [0, 0.1) is 0 Å². The van der Waals surface area contributed by atoms with Crippen molar-refractivity contribution in [1.29, 1.82) is 0 Å². The first-order valence-electron chi connectivity index (χ1n) is 13.2. The van der Waals surface area contributed by atoms with Crippen molar-refractivity contribution in [3.05, 3.63) is 114 Å². The fourth-order valence-corrected chi connectivity index (χ4v) is 6.16. The Morgan fingerprint density at radius 2 is 1.16 bits per heavy atom. The molecule has 0 aliphatic heterocycles. The van der Waals surface area contributed by atoms with Crippen LogP contribution in [-0.2, 0) is 15.1 Å². The van der Waals surface area contributed by atoms with Crippen LogP contribution in [-0.4, -0.2) is 41.1 Å². The van der Waals surface area contributed by atoms with Gasteiger partial charge in [0.2, 0.25) is 23.1 Å². The molecule has 0 bridgehead atoms. The molecule has 0 atom stereocenters. The number of benzene rings is 3. The zero-order valence-electron chi connectivity index (χ0n) is 23.2. The van der Waals surface area contributed by atoms with E-state index in [9.17, 15) is 24.9 Å².